The number of aromatic nitrogens is 2. The van der Waals surface area contributed by atoms with Gasteiger partial charge in [-0.15, -0.1) is 0 Å². The molecule has 0 unspecified atom stereocenters. The molecule has 3 N–H and O–H groups in total. The van der Waals surface area contributed by atoms with Crippen molar-refractivity contribution < 1.29 is 5.11 Å². The van der Waals surface area contributed by atoms with Gasteiger partial charge in [-0.1, -0.05) is 12.8 Å². The molecule has 0 saturated heterocycles. The van der Waals surface area contributed by atoms with Crippen molar-refractivity contribution in [2.75, 3.05) is 12.3 Å². The molecule has 1 aromatic rings. The zero-order valence-electron chi connectivity index (χ0n) is 8.74. The Morgan fingerprint density at radius 2 is 2.07 bits per heavy atom. The molecular formula is C10H19N3O. The van der Waals surface area contributed by atoms with E-state index in [9.17, 15) is 0 Å². The van der Waals surface area contributed by atoms with Crippen molar-refractivity contribution in [3.05, 3.63) is 11.8 Å². The lowest BCUT2D eigenvalue weighted by atomic mass is 10.2. The number of aliphatic hydroxyl groups is 1. The minimum atomic E-state index is 0.299. The number of nitrogen functional groups attached to an aromatic ring is 1. The van der Waals surface area contributed by atoms with Crippen LogP contribution in [0.3, 0.4) is 0 Å². The number of anilines is 1. The van der Waals surface area contributed by atoms with Crippen molar-refractivity contribution in [2.24, 2.45) is 0 Å². The fraction of sp³-hybridized carbons (Fsp3) is 0.700. The van der Waals surface area contributed by atoms with Gasteiger partial charge in [-0.3, -0.25) is 4.68 Å². The Hall–Kier alpha value is -1.03. The fourth-order valence-corrected chi connectivity index (χ4v) is 1.49. The predicted molar refractivity (Wildman–Crippen MR) is 56.9 cm³/mol. The monoisotopic (exact) mass is 197 g/mol. The molecule has 0 aliphatic carbocycles. The molecule has 4 nitrogen and oxygen atoms in total. The van der Waals surface area contributed by atoms with Gasteiger partial charge in [-0.05, 0) is 19.8 Å². The molecule has 0 aliphatic heterocycles. The van der Waals surface area contributed by atoms with Gasteiger partial charge < -0.3 is 10.8 Å². The van der Waals surface area contributed by atoms with Crippen molar-refractivity contribution in [2.45, 2.75) is 39.2 Å². The molecule has 0 fully saturated rings. The van der Waals surface area contributed by atoms with E-state index in [0.717, 1.165) is 37.9 Å². The molecule has 0 bridgehead atoms. The van der Waals surface area contributed by atoms with Gasteiger partial charge in [0.15, 0.2) is 0 Å². The van der Waals surface area contributed by atoms with E-state index in [2.05, 4.69) is 5.10 Å². The zero-order valence-corrected chi connectivity index (χ0v) is 8.74. The zero-order chi connectivity index (χ0) is 10.4. The number of aryl methyl sites for hydroxylation is 2. The van der Waals surface area contributed by atoms with Gasteiger partial charge in [0.05, 0.1) is 0 Å². The average Bonchev–Trinajstić information content (AvgIpc) is 2.45. The maximum absolute atomic E-state index is 8.60. The van der Waals surface area contributed by atoms with Crippen LogP contribution in [0.4, 0.5) is 5.82 Å². The minimum Gasteiger partial charge on any atom is -0.396 e. The number of nitrogens with zero attached hydrogens (tertiary/aromatic N) is 2. The Morgan fingerprint density at radius 3 is 2.64 bits per heavy atom. The molecule has 1 heterocycles. The highest BCUT2D eigenvalue weighted by Crippen LogP contribution is 2.07. The second-order valence-corrected chi connectivity index (χ2v) is 3.57. The molecule has 1 aromatic heterocycles. The first-order chi connectivity index (χ1) is 6.74. The van der Waals surface area contributed by atoms with Gasteiger partial charge >= 0.3 is 0 Å². The van der Waals surface area contributed by atoms with Crippen LogP contribution < -0.4 is 5.73 Å². The molecular weight excluding hydrogens is 178 g/mol. The second-order valence-electron chi connectivity index (χ2n) is 3.57. The standard InChI is InChI=1S/C10H19N3O/c1-9-8-10(11)12-13(9)6-4-2-3-5-7-14/h8,14H,2-7H2,1H3,(H2,11,12). The quantitative estimate of drug-likeness (QED) is 0.676. The molecule has 14 heavy (non-hydrogen) atoms. The van der Waals surface area contributed by atoms with Crippen LogP contribution in [-0.2, 0) is 6.54 Å². The van der Waals surface area contributed by atoms with E-state index in [1.165, 1.54) is 0 Å². The molecule has 0 atom stereocenters. The smallest absolute Gasteiger partial charge is 0.145 e. The first-order valence-corrected chi connectivity index (χ1v) is 5.15. The molecule has 0 saturated carbocycles. The van der Waals surface area contributed by atoms with Crippen LogP contribution in [0, 0.1) is 6.92 Å². The van der Waals surface area contributed by atoms with E-state index < -0.39 is 0 Å². The summed E-state index contributed by atoms with van der Waals surface area (Å²) in [4.78, 5) is 0. The summed E-state index contributed by atoms with van der Waals surface area (Å²) in [5.74, 6) is 0.595. The Labute approximate surface area is 84.7 Å². The molecule has 80 valence electrons. The Balaban J connectivity index is 2.21. The highest BCUT2D eigenvalue weighted by Gasteiger charge is 1.99. The van der Waals surface area contributed by atoms with Crippen LogP contribution in [0.1, 0.15) is 31.4 Å². The molecule has 4 heteroatoms. The van der Waals surface area contributed by atoms with Crippen molar-refractivity contribution >= 4 is 5.82 Å². The number of aliphatic hydroxyl groups excluding tert-OH is 1. The Bertz CT molecular complexity index is 270. The Morgan fingerprint density at radius 1 is 1.36 bits per heavy atom. The van der Waals surface area contributed by atoms with Crippen LogP contribution in [0.2, 0.25) is 0 Å². The van der Waals surface area contributed by atoms with Crippen molar-refractivity contribution in [3.8, 4) is 0 Å². The van der Waals surface area contributed by atoms with Crippen molar-refractivity contribution in [1.29, 1.82) is 0 Å². The SMILES string of the molecule is Cc1cc(N)nn1CCCCCCO. The topological polar surface area (TPSA) is 64.1 Å². The fourth-order valence-electron chi connectivity index (χ4n) is 1.49. The van der Waals surface area contributed by atoms with Gasteiger partial charge in [0.2, 0.25) is 0 Å². The van der Waals surface area contributed by atoms with Gasteiger partial charge in [0.1, 0.15) is 5.82 Å². The van der Waals surface area contributed by atoms with Crippen LogP contribution in [0.25, 0.3) is 0 Å². The first-order valence-electron chi connectivity index (χ1n) is 5.15. The molecule has 0 aliphatic rings. The lowest BCUT2D eigenvalue weighted by Crippen LogP contribution is -2.02. The number of nitrogens with two attached hydrogens (primary N) is 1. The second kappa shape index (κ2) is 5.65. The van der Waals surface area contributed by atoms with Gasteiger partial charge in [-0.2, -0.15) is 5.10 Å². The average molecular weight is 197 g/mol. The first kappa shape index (κ1) is 11.0. The molecule has 0 amide bonds. The van der Waals surface area contributed by atoms with E-state index in [-0.39, 0.29) is 0 Å². The minimum absolute atomic E-state index is 0.299. The number of hydrogen-bond acceptors (Lipinski definition) is 3. The summed E-state index contributed by atoms with van der Waals surface area (Å²) >= 11 is 0. The van der Waals surface area contributed by atoms with E-state index in [1.807, 2.05) is 17.7 Å². The lowest BCUT2D eigenvalue weighted by Gasteiger charge is -2.03. The highest BCUT2D eigenvalue weighted by atomic mass is 16.2. The van der Waals surface area contributed by atoms with E-state index in [4.69, 9.17) is 10.8 Å². The predicted octanol–water partition coefficient (Wildman–Crippen LogP) is 1.33. The van der Waals surface area contributed by atoms with Crippen LogP contribution in [0.5, 0.6) is 0 Å². The normalized spacial score (nSPS) is 10.7. The molecule has 0 aromatic carbocycles. The van der Waals surface area contributed by atoms with Gasteiger partial charge in [-0.25, -0.2) is 0 Å². The van der Waals surface area contributed by atoms with Gasteiger partial charge in [0, 0.05) is 24.9 Å². The van der Waals surface area contributed by atoms with E-state index >= 15 is 0 Å². The Kier molecular flexibility index (Phi) is 4.46. The third-order valence-corrected chi connectivity index (χ3v) is 2.28. The third-order valence-electron chi connectivity index (χ3n) is 2.28. The lowest BCUT2D eigenvalue weighted by molar-refractivity contribution is 0.282. The summed E-state index contributed by atoms with van der Waals surface area (Å²) < 4.78 is 1.94. The highest BCUT2D eigenvalue weighted by molar-refractivity contribution is 5.28. The maximum Gasteiger partial charge on any atom is 0.145 e. The van der Waals surface area contributed by atoms with Crippen LogP contribution in [-0.4, -0.2) is 21.5 Å². The van der Waals surface area contributed by atoms with Crippen molar-refractivity contribution in [3.63, 3.8) is 0 Å². The third kappa shape index (κ3) is 3.38. The number of hydrogen-bond donors (Lipinski definition) is 2. The largest absolute Gasteiger partial charge is 0.396 e. The molecule has 1 rings (SSSR count). The number of unbranched alkanes of at least 4 members (excludes halogenated alkanes) is 3. The summed E-state index contributed by atoms with van der Waals surface area (Å²) in [6.45, 7) is 3.24. The summed E-state index contributed by atoms with van der Waals surface area (Å²) in [7, 11) is 0. The maximum atomic E-state index is 8.60. The summed E-state index contributed by atoms with van der Waals surface area (Å²) in [5, 5.41) is 12.8. The summed E-state index contributed by atoms with van der Waals surface area (Å²) in [6.07, 6.45) is 4.23. The summed E-state index contributed by atoms with van der Waals surface area (Å²) in [6, 6.07) is 1.88. The van der Waals surface area contributed by atoms with E-state index in [0.29, 0.717) is 12.4 Å². The number of rotatable bonds is 6. The van der Waals surface area contributed by atoms with Crippen LogP contribution in [0.15, 0.2) is 6.07 Å². The summed E-state index contributed by atoms with van der Waals surface area (Å²) in [5.41, 5.74) is 6.68. The van der Waals surface area contributed by atoms with Crippen LogP contribution >= 0.6 is 0 Å². The molecule has 0 spiro atoms. The van der Waals surface area contributed by atoms with Crippen molar-refractivity contribution in [1.82, 2.24) is 9.78 Å². The molecule has 0 radical (unpaired) electrons. The van der Waals surface area contributed by atoms with Gasteiger partial charge in [0.25, 0.3) is 0 Å². The van der Waals surface area contributed by atoms with E-state index in [1.54, 1.807) is 0 Å².